The van der Waals surface area contributed by atoms with Crippen LogP contribution in [0, 0.1) is 0 Å². The zero-order chi connectivity index (χ0) is 17.4. The van der Waals surface area contributed by atoms with Crippen LogP contribution >= 0.6 is 12.4 Å². The lowest BCUT2D eigenvalue weighted by Crippen LogP contribution is -2.50. The van der Waals surface area contributed by atoms with Crippen molar-refractivity contribution < 1.29 is 4.79 Å². The zero-order valence-electron chi connectivity index (χ0n) is 14.4. The molecule has 3 aromatic rings. The molecule has 1 atom stereocenters. The highest BCUT2D eigenvalue weighted by atomic mass is 35.5. The minimum atomic E-state index is -0.266. The molecule has 3 heterocycles. The number of fused-ring (bicyclic) bond motifs is 1. The maximum Gasteiger partial charge on any atom is 0.326 e. The fraction of sp³-hybridized carbons (Fsp3) is 0.353. The molecule has 2 aromatic heterocycles. The molecule has 1 aliphatic heterocycles. The van der Waals surface area contributed by atoms with Gasteiger partial charge in [0.25, 0.3) is 0 Å². The number of benzene rings is 1. The average molecular weight is 377 g/mol. The molecule has 0 aliphatic carbocycles. The molecule has 0 spiro atoms. The van der Waals surface area contributed by atoms with Crippen LogP contribution in [0.4, 0.5) is 0 Å². The van der Waals surface area contributed by atoms with Crippen LogP contribution in [-0.2, 0) is 18.4 Å². The number of H-pyrrole nitrogens is 1. The first-order valence-corrected chi connectivity index (χ1v) is 8.30. The molecule has 1 unspecified atom stereocenters. The second kappa shape index (κ2) is 7.35. The molecule has 1 saturated heterocycles. The van der Waals surface area contributed by atoms with Gasteiger partial charge in [0.05, 0.1) is 11.0 Å². The number of imidazole rings is 2. The van der Waals surface area contributed by atoms with Gasteiger partial charge in [-0.1, -0.05) is 12.1 Å². The van der Waals surface area contributed by atoms with Gasteiger partial charge in [-0.2, -0.15) is 0 Å². The number of carbonyl (C=O) groups excluding carboxylic acids is 1. The maximum absolute atomic E-state index is 13.0. The largest absolute Gasteiger partial charge is 0.336 e. The second-order valence-corrected chi connectivity index (χ2v) is 6.24. The highest BCUT2D eigenvalue weighted by Crippen LogP contribution is 2.21. The molecule has 2 N–H and O–H groups in total. The van der Waals surface area contributed by atoms with Crippen LogP contribution in [0.5, 0.6) is 0 Å². The summed E-state index contributed by atoms with van der Waals surface area (Å²) in [7, 11) is 1.92. The number of para-hydroxylation sites is 2. The Bertz CT molecular complexity index is 975. The molecule has 1 aliphatic rings. The Morgan fingerprint density at radius 2 is 2.15 bits per heavy atom. The number of halogens is 1. The summed E-state index contributed by atoms with van der Waals surface area (Å²) in [5.74, 6) is 0.758. The Labute approximate surface area is 156 Å². The van der Waals surface area contributed by atoms with E-state index in [0.29, 0.717) is 13.1 Å². The number of nitrogens with one attached hydrogen (secondary N) is 2. The summed E-state index contributed by atoms with van der Waals surface area (Å²) in [6.45, 7) is 1.99. The van der Waals surface area contributed by atoms with Gasteiger partial charge in [-0.3, -0.25) is 9.36 Å². The summed E-state index contributed by atoms with van der Waals surface area (Å²) in [5.41, 5.74) is 1.21. The normalized spacial score (nSPS) is 17.3. The van der Waals surface area contributed by atoms with Gasteiger partial charge in [0.2, 0.25) is 5.91 Å². The number of nitrogens with zero attached hydrogens (tertiary/aromatic N) is 4. The molecule has 0 saturated carbocycles. The average Bonchev–Trinajstić information content (AvgIpc) is 3.18. The molecular weight excluding hydrogens is 356 g/mol. The molecule has 1 fully saturated rings. The van der Waals surface area contributed by atoms with Crippen molar-refractivity contribution in [2.75, 3.05) is 19.6 Å². The molecule has 1 amide bonds. The number of piperazine rings is 1. The number of carbonyl (C=O) groups is 1. The molecule has 9 heteroatoms. The number of hydrogen-bond donors (Lipinski definition) is 2. The smallest absolute Gasteiger partial charge is 0.326 e. The van der Waals surface area contributed by atoms with Gasteiger partial charge in [-0.05, 0) is 12.1 Å². The van der Waals surface area contributed by atoms with E-state index >= 15 is 0 Å². The first-order valence-electron chi connectivity index (χ1n) is 8.30. The van der Waals surface area contributed by atoms with Crippen LogP contribution in [0.25, 0.3) is 11.0 Å². The standard InChI is InChI=1S/C17H20N6O2.ClH/c1-21-8-7-19-16(21)14-10-18-6-9-22(14)15(24)11-23-13-5-3-2-4-12(13)20-17(23)25;/h2-5,7-8,14,18H,6,9-11H2,1H3,(H,20,25);1H. The van der Waals surface area contributed by atoms with Crippen LogP contribution in [0.15, 0.2) is 41.5 Å². The third-order valence-corrected chi connectivity index (χ3v) is 4.70. The maximum atomic E-state index is 13.0. The Morgan fingerprint density at radius 1 is 1.35 bits per heavy atom. The number of aryl methyl sites for hydroxylation is 1. The van der Waals surface area contributed by atoms with E-state index in [0.717, 1.165) is 23.4 Å². The van der Waals surface area contributed by atoms with Gasteiger partial charge in [0, 0.05) is 39.1 Å². The van der Waals surface area contributed by atoms with E-state index in [2.05, 4.69) is 15.3 Å². The van der Waals surface area contributed by atoms with Crippen LogP contribution in [0.3, 0.4) is 0 Å². The van der Waals surface area contributed by atoms with Crippen LogP contribution in [0.1, 0.15) is 11.9 Å². The monoisotopic (exact) mass is 376 g/mol. The third-order valence-electron chi connectivity index (χ3n) is 4.70. The van der Waals surface area contributed by atoms with Crippen molar-refractivity contribution in [3.05, 3.63) is 53.0 Å². The number of hydrogen-bond acceptors (Lipinski definition) is 4. The lowest BCUT2D eigenvalue weighted by atomic mass is 10.1. The topological polar surface area (TPSA) is 87.9 Å². The quantitative estimate of drug-likeness (QED) is 0.703. The number of amides is 1. The summed E-state index contributed by atoms with van der Waals surface area (Å²) >= 11 is 0. The minimum Gasteiger partial charge on any atom is -0.336 e. The first kappa shape index (κ1) is 18.2. The molecule has 4 rings (SSSR count). The molecule has 138 valence electrons. The van der Waals surface area contributed by atoms with Gasteiger partial charge in [0.1, 0.15) is 18.4 Å². The van der Waals surface area contributed by atoms with E-state index in [4.69, 9.17) is 0 Å². The fourth-order valence-corrected chi connectivity index (χ4v) is 3.42. The second-order valence-electron chi connectivity index (χ2n) is 6.24. The summed E-state index contributed by atoms with van der Waals surface area (Å²) in [6.07, 6.45) is 3.60. The van der Waals surface area contributed by atoms with Crippen molar-refractivity contribution in [3.63, 3.8) is 0 Å². The Hall–Kier alpha value is -2.58. The number of aromatic amines is 1. The van der Waals surface area contributed by atoms with Gasteiger partial charge >= 0.3 is 5.69 Å². The fourth-order valence-electron chi connectivity index (χ4n) is 3.42. The third kappa shape index (κ3) is 3.13. The van der Waals surface area contributed by atoms with Crippen LogP contribution in [0.2, 0.25) is 0 Å². The Balaban J connectivity index is 0.00000196. The van der Waals surface area contributed by atoms with Crippen molar-refractivity contribution in [2.45, 2.75) is 12.6 Å². The molecule has 8 nitrogen and oxygen atoms in total. The minimum absolute atomic E-state index is 0. The molecule has 0 bridgehead atoms. The van der Waals surface area contributed by atoms with E-state index in [9.17, 15) is 9.59 Å². The van der Waals surface area contributed by atoms with Crippen molar-refractivity contribution in [1.29, 1.82) is 0 Å². The summed E-state index contributed by atoms with van der Waals surface area (Å²) in [4.78, 5) is 34.2. The Kier molecular flexibility index (Phi) is 5.15. The highest BCUT2D eigenvalue weighted by molar-refractivity contribution is 5.85. The van der Waals surface area contributed by atoms with Crippen molar-refractivity contribution in [2.24, 2.45) is 7.05 Å². The summed E-state index contributed by atoms with van der Waals surface area (Å²) < 4.78 is 3.42. The summed E-state index contributed by atoms with van der Waals surface area (Å²) in [6, 6.07) is 7.26. The van der Waals surface area contributed by atoms with E-state index in [-0.39, 0.29) is 36.6 Å². The lowest BCUT2D eigenvalue weighted by Gasteiger charge is -2.35. The highest BCUT2D eigenvalue weighted by Gasteiger charge is 2.30. The summed E-state index contributed by atoms with van der Waals surface area (Å²) in [5, 5.41) is 3.31. The van der Waals surface area contributed by atoms with Crippen molar-refractivity contribution in [3.8, 4) is 0 Å². The van der Waals surface area contributed by atoms with E-state index in [1.807, 2.05) is 47.0 Å². The Morgan fingerprint density at radius 3 is 2.92 bits per heavy atom. The first-order chi connectivity index (χ1) is 12.1. The number of aromatic nitrogens is 4. The lowest BCUT2D eigenvalue weighted by molar-refractivity contribution is -0.135. The van der Waals surface area contributed by atoms with Crippen molar-refractivity contribution >= 4 is 29.3 Å². The van der Waals surface area contributed by atoms with E-state index in [1.54, 1.807) is 6.20 Å². The van der Waals surface area contributed by atoms with Crippen LogP contribution < -0.4 is 11.0 Å². The molecule has 1 aromatic carbocycles. The zero-order valence-corrected chi connectivity index (χ0v) is 15.2. The number of rotatable bonds is 3. The van der Waals surface area contributed by atoms with Gasteiger partial charge in [0.15, 0.2) is 0 Å². The SMILES string of the molecule is Cl.Cn1ccnc1C1CNCCN1C(=O)Cn1c(=O)[nH]c2ccccc21. The molecule has 26 heavy (non-hydrogen) atoms. The molecular formula is C17H21ClN6O2. The van der Waals surface area contributed by atoms with Crippen LogP contribution in [-0.4, -0.2) is 49.5 Å². The molecule has 0 radical (unpaired) electrons. The van der Waals surface area contributed by atoms with Gasteiger partial charge < -0.3 is 19.8 Å². The predicted octanol–water partition coefficient (Wildman–Crippen LogP) is 0.658. The van der Waals surface area contributed by atoms with Gasteiger partial charge in [-0.15, -0.1) is 12.4 Å². The van der Waals surface area contributed by atoms with Gasteiger partial charge in [-0.25, -0.2) is 9.78 Å². The predicted molar refractivity (Wildman–Crippen MR) is 100 cm³/mol. The van der Waals surface area contributed by atoms with Crippen molar-refractivity contribution in [1.82, 2.24) is 29.3 Å². The van der Waals surface area contributed by atoms with E-state index < -0.39 is 0 Å². The van der Waals surface area contributed by atoms with E-state index in [1.165, 1.54) is 4.57 Å².